The van der Waals surface area contributed by atoms with E-state index in [1.165, 1.54) is 18.5 Å². The molecule has 0 radical (unpaired) electrons. The average Bonchev–Trinajstić information content (AvgIpc) is 2.22. The predicted molar refractivity (Wildman–Crippen MR) is 67.6 cm³/mol. The van der Waals surface area contributed by atoms with Gasteiger partial charge >= 0.3 is 0 Å². The van der Waals surface area contributed by atoms with Crippen molar-refractivity contribution in [2.24, 2.45) is 0 Å². The molecule has 0 aromatic rings. The average molecular weight is 281 g/mol. The van der Waals surface area contributed by atoms with Crippen LogP contribution in [0.2, 0.25) is 18.1 Å². The van der Waals surface area contributed by atoms with Crippen LogP contribution in [0.25, 0.3) is 0 Å². The minimum atomic E-state index is -1.41. The summed E-state index contributed by atoms with van der Waals surface area (Å²) in [4.78, 5) is 0. The number of hydrogen-bond donors (Lipinski definition) is 0. The molecule has 2 unspecified atom stereocenters. The Bertz CT molecular complexity index is 194. The van der Waals surface area contributed by atoms with Crippen molar-refractivity contribution in [2.45, 2.75) is 68.3 Å². The van der Waals surface area contributed by atoms with E-state index in [0.717, 1.165) is 18.9 Å². The van der Waals surface area contributed by atoms with Crippen LogP contribution in [0.3, 0.4) is 0 Å². The fraction of sp³-hybridized carbons (Fsp3) is 1.00. The lowest BCUT2D eigenvalue weighted by Crippen LogP contribution is -2.57. The molecule has 0 bridgehead atoms. The summed E-state index contributed by atoms with van der Waals surface area (Å²) >= 11 is 3.96. The summed E-state index contributed by atoms with van der Waals surface area (Å²) in [6.07, 6.45) is 2.49. The van der Waals surface area contributed by atoms with Crippen molar-refractivity contribution in [1.82, 2.24) is 0 Å². The van der Waals surface area contributed by atoms with Crippen LogP contribution in [0.1, 0.15) is 40.0 Å². The van der Waals surface area contributed by atoms with Gasteiger partial charge in [-0.3, -0.25) is 0 Å². The number of halogens is 2. The Labute approximate surface area is 96.8 Å². The standard InChI is InChI=1S/C11H22BrFSi/c1-4-11(12)8-7-10(13)9-14(11,5-2)6-3/h10H,4-9H2,1-3H3. The molecule has 1 aliphatic heterocycles. The van der Waals surface area contributed by atoms with Gasteiger partial charge < -0.3 is 0 Å². The monoisotopic (exact) mass is 280 g/mol. The Balaban J connectivity index is 2.93. The number of rotatable bonds is 3. The second-order valence-corrected chi connectivity index (χ2v) is 12.2. The normalized spacial score (nSPS) is 37.1. The van der Waals surface area contributed by atoms with Gasteiger partial charge in [0.25, 0.3) is 0 Å². The number of alkyl halides is 2. The van der Waals surface area contributed by atoms with Crippen LogP contribution >= 0.6 is 15.9 Å². The third kappa shape index (κ3) is 1.94. The molecule has 2 atom stereocenters. The molecule has 0 aromatic carbocycles. The maximum Gasteiger partial charge on any atom is 0.0979 e. The smallest absolute Gasteiger partial charge is 0.0979 e. The summed E-state index contributed by atoms with van der Waals surface area (Å²) in [6, 6.07) is 3.34. The molecule has 0 aliphatic carbocycles. The zero-order chi connectivity index (χ0) is 10.8. The van der Waals surface area contributed by atoms with Gasteiger partial charge in [0, 0.05) is 3.95 Å². The van der Waals surface area contributed by atoms with Gasteiger partial charge in [0.1, 0.15) is 0 Å². The largest absolute Gasteiger partial charge is 0.248 e. The van der Waals surface area contributed by atoms with Crippen molar-refractivity contribution in [3.63, 3.8) is 0 Å². The van der Waals surface area contributed by atoms with E-state index in [2.05, 4.69) is 36.7 Å². The molecule has 1 rings (SSSR count). The van der Waals surface area contributed by atoms with Crippen molar-refractivity contribution in [1.29, 1.82) is 0 Å². The van der Waals surface area contributed by atoms with Gasteiger partial charge in [0.15, 0.2) is 0 Å². The topological polar surface area (TPSA) is 0 Å². The van der Waals surface area contributed by atoms with Crippen LogP contribution in [0, 0.1) is 0 Å². The van der Waals surface area contributed by atoms with Gasteiger partial charge in [-0.15, -0.1) is 0 Å². The fourth-order valence-corrected chi connectivity index (χ4v) is 10.7. The molecule has 0 amide bonds. The summed E-state index contributed by atoms with van der Waals surface area (Å²) in [5.74, 6) is 0. The van der Waals surface area contributed by atoms with Gasteiger partial charge in [0.2, 0.25) is 0 Å². The van der Waals surface area contributed by atoms with E-state index in [4.69, 9.17) is 0 Å². The van der Waals surface area contributed by atoms with Crippen LogP contribution < -0.4 is 0 Å². The van der Waals surface area contributed by atoms with Crippen molar-refractivity contribution in [2.75, 3.05) is 0 Å². The highest BCUT2D eigenvalue weighted by Gasteiger charge is 2.51. The lowest BCUT2D eigenvalue weighted by molar-refractivity contribution is 0.305. The van der Waals surface area contributed by atoms with Gasteiger partial charge in [-0.05, 0) is 25.3 Å². The van der Waals surface area contributed by atoms with Crippen LogP contribution in [0.4, 0.5) is 4.39 Å². The van der Waals surface area contributed by atoms with E-state index in [0.29, 0.717) is 3.95 Å². The van der Waals surface area contributed by atoms with Crippen LogP contribution in [0.5, 0.6) is 0 Å². The van der Waals surface area contributed by atoms with Gasteiger partial charge in [-0.1, -0.05) is 48.8 Å². The first-order chi connectivity index (χ1) is 6.53. The van der Waals surface area contributed by atoms with Crippen molar-refractivity contribution in [3.8, 4) is 0 Å². The first-order valence-electron chi connectivity index (χ1n) is 5.86. The Kier molecular flexibility index (Phi) is 4.21. The number of hydrogen-bond acceptors (Lipinski definition) is 0. The van der Waals surface area contributed by atoms with Crippen LogP contribution in [-0.2, 0) is 0 Å². The molecule has 3 heteroatoms. The fourth-order valence-electron chi connectivity index (χ4n) is 3.08. The lowest BCUT2D eigenvalue weighted by Gasteiger charge is -2.49. The molecular weight excluding hydrogens is 259 g/mol. The first kappa shape index (κ1) is 12.7. The Morgan fingerprint density at radius 2 is 1.93 bits per heavy atom. The first-order valence-corrected chi connectivity index (χ1v) is 9.28. The van der Waals surface area contributed by atoms with E-state index in [9.17, 15) is 4.39 Å². The summed E-state index contributed by atoms with van der Waals surface area (Å²) in [5, 5.41) is 0. The molecule has 1 heterocycles. The maximum atomic E-state index is 13.5. The predicted octanol–water partition coefficient (Wildman–Crippen LogP) is 4.69. The molecule has 0 nitrogen and oxygen atoms in total. The minimum absolute atomic E-state index is 0.325. The highest BCUT2D eigenvalue weighted by atomic mass is 79.9. The van der Waals surface area contributed by atoms with Crippen molar-refractivity contribution >= 4 is 24.0 Å². The van der Waals surface area contributed by atoms with Crippen molar-refractivity contribution in [3.05, 3.63) is 0 Å². The maximum absolute atomic E-state index is 13.5. The van der Waals surface area contributed by atoms with E-state index in [1.54, 1.807) is 0 Å². The molecule has 1 saturated heterocycles. The third-order valence-electron chi connectivity index (χ3n) is 4.33. The second-order valence-electron chi connectivity index (χ2n) is 4.65. The minimum Gasteiger partial charge on any atom is -0.248 e. The van der Waals surface area contributed by atoms with E-state index in [-0.39, 0.29) is 0 Å². The summed E-state index contributed by atoms with van der Waals surface area (Å²) in [7, 11) is -1.41. The summed E-state index contributed by atoms with van der Waals surface area (Å²) < 4.78 is 13.9. The van der Waals surface area contributed by atoms with Crippen molar-refractivity contribution < 1.29 is 4.39 Å². The molecule has 84 valence electrons. The van der Waals surface area contributed by atoms with E-state index in [1.807, 2.05) is 0 Å². The molecule has 0 aromatic heterocycles. The van der Waals surface area contributed by atoms with Crippen LogP contribution in [-0.4, -0.2) is 18.2 Å². The molecule has 14 heavy (non-hydrogen) atoms. The highest BCUT2D eigenvalue weighted by molar-refractivity contribution is 9.10. The Morgan fingerprint density at radius 1 is 1.36 bits per heavy atom. The molecule has 0 saturated carbocycles. The Morgan fingerprint density at radius 3 is 2.36 bits per heavy atom. The SMILES string of the molecule is CCC1(Br)CCC(F)C[Si]1(CC)CC. The molecule has 0 spiro atoms. The summed E-state index contributed by atoms with van der Waals surface area (Å²) in [5.41, 5.74) is 0. The quantitative estimate of drug-likeness (QED) is 0.520. The Hall–Kier alpha value is 0.627. The second kappa shape index (κ2) is 4.65. The molecular formula is C11H22BrFSi. The zero-order valence-corrected chi connectivity index (χ0v) is 12.2. The van der Waals surface area contributed by atoms with E-state index >= 15 is 0 Å². The van der Waals surface area contributed by atoms with Gasteiger partial charge in [-0.25, -0.2) is 4.39 Å². The summed E-state index contributed by atoms with van der Waals surface area (Å²) in [6.45, 7) is 6.78. The van der Waals surface area contributed by atoms with E-state index < -0.39 is 14.2 Å². The lowest BCUT2D eigenvalue weighted by atomic mass is 10.1. The molecule has 1 fully saturated rings. The molecule has 0 N–H and O–H groups in total. The van der Waals surface area contributed by atoms with Crippen LogP contribution in [0.15, 0.2) is 0 Å². The highest BCUT2D eigenvalue weighted by Crippen LogP contribution is 2.49. The molecule has 1 aliphatic rings. The van der Waals surface area contributed by atoms with Gasteiger partial charge in [0.05, 0.1) is 14.2 Å². The zero-order valence-electron chi connectivity index (χ0n) is 9.58. The third-order valence-corrected chi connectivity index (χ3v) is 14.2. The van der Waals surface area contributed by atoms with Gasteiger partial charge in [-0.2, -0.15) is 0 Å².